The first-order valence-electron chi connectivity index (χ1n) is 14.2. The first-order valence-corrected chi connectivity index (χ1v) is 17.9. The van der Waals surface area contributed by atoms with E-state index in [4.69, 9.17) is 0 Å². The Kier molecular flexibility index (Phi) is 17.7. The Labute approximate surface area is 239 Å². The smallest absolute Gasteiger partial charge is 0.341 e. The van der Waals surface area contributed by atoms with E-state index in [1.54, 1.807) is 12.2 Å². The van der Waals surface area contributed by atoms with Crippen LogP contribution in [0.3, 0.4) is 0 Å². The summed E-state index contributed by atoms with van der Waals surface area (Å²) in [5.74, 6) is 0. The first kappa shape index (κ1) is 37.8. The Bertz CT molecular complexity index is 952. The topological polar surface area (TPSA) is 94.8 Å². The molecular formula is C32H56O5P2. The normalized spacial score (nSPS) is 16.9. The summed E-state index contributed by atoms with van der Waals surface area (Å²) in [7, 11) is -9.06. The first-order chi connectivity index (χ1) is 17.9. The Morgan fingerprint density at radius 1 is 0.538 bits per heavy atom. The predicted octanol–water partition coefficient (Wildman–Crippen LogP) is 10.4. The Morgan fingerprint density at radius 2 is 0.821 bits per heavy atom. The van der Waals surface area contributed by atoms with Gasteiger partial charge in [-0.2, -0.15) is 0 Å². The van der Waals surface area contributed by atoms with Gasteiger partial charge in [0.25, 0.3) is 0 Å². The summed E-state index contributed by atoms with van der Waals surface area (Å²) < 4.78 is 25.7. The van der Waals surface area contributed by atoms with Crippen molar-refractivity contribution in [3.8, 4) is 0 Å². The van der Waals surface area contributed by atoms with Crippen LogP contribution in [0.25, 0.3) is 0 Å². The van der Waals surface area contributed by atoms with Crippen LogP contribution in [-0.4, -0.2) is 26.2 Å². The second-order valence-electron chi connectivity index (χ2n) is 11.7. The summed E-state index contributed by atoms with van der Waals surface area (Å²) in [6.45, 7) is 17.5. The van der Waals surface area contributed by atoms with Crippen molar-refractivity contribution >= 4 is 15.0 Å². The molecule has 0 rings (SSSR count). The average molecular weight is 583 g/mol. The van der Waals surface area contributed by atoms with Gasteiger partial charge in [0.1, 0.15) is 0 Å². The minimum atomic E-state index is -4.90. The van der Waals surface area contributed by atoms with Crippen LogP contribution in [0, 0.1) is 0 Å². The summed E-state index contributed by atoms with van der Waals surface area (Å²) >= 11 is 0. The molecule has 0 aliphatic carbocycles. The van der Waals surface area contributed by atoms with E-state index in [1.165, 1.54) is 22.3 Å². The van der Waals surface area contributed by atoms with Crippen LogP contribution in [0.2, 0.25) is 0 Å². The molecule has 0 amide bonds. The molecule has 0 bridgehead atoms. The van der Waals surface area contributed by atoms with Crippen LogP contribution in [0.1, 0.15) is 120 Å². The molecule has 0 radical (unpaired) electrons. The van der Waals surface area contributed by atoms with Crippen LogP contribution in [-0.2, 0) is 9.13 Å². The fourth-order valence-electron chi connectivity index (χ4n) is 4.25. The second kappa shape index (κ2) is 18.3. The van der Waals surface area contributed by atoms with E-state index in [9.17, 15) is 23.8 Å². The van der Waals surface area contributed by atoms with Crippen molar-refractivity contribution in [2.24, 2.45) is 0 Å². The molecule has 0 aromatic rings. The fraction of sp³-hybridized carbons (Fsp3) is 0.625. The van der Waals surface area contributed by atoms with E-state index in [1.807, 2.05) is 13.8 Å². The molecule has 0 spiro atoms. The van der Waals surface area contributed by atoms with E-state index < -0.39 is 19.9 Å². The van der Waals surface area contributed by atoms with E-state index >= 15 is 0 Å². The van der Waals surface area contributed by atoms with Gasteiger partial charge in [0, 0.05) is 6.66 Å². The fourth-order valence-corrected chi connectivity index (χ4v) is 7.71. The molecule has 0 saturated heterocycles. The average Bonchev–Trinajstić information content (AvgIpc) is 2.76. The quantitative estimate of drug-likeness (QED) is 0.110. The molecule has 0 aliphatic rings. The highest BCUT2D eigenvalue weighted by molar-refractivity contribution is 7.75. The van der Waals surface area contributed by atoms with E-state index in [0.717, 1.165) is 69.2 Å². The van der Waals surface area contributed by atoms with Crippen LogP contribution < -0.4 is 0 Å². The van der Waals surface area contributed by atoms with Gasteiger partial charge in [-0.05, 0) is 120 Å². The van der Waals surface area contributed by atoms with Gasteiger partial charge in [0.2, 0.25) is 7.37 Å². The Hall–Kier alpha value is -1.22. The third-order valence-electron chi connectivity index (χ3n) is 7.11. The third kappa shape index (κ3) is 16.0. The summed E-state index contributed by atoms with van der Waals surface area (Å²) in [5.41, 5.74) is 7.19. The molecule has 0 saturated carbocycles. The number of rotatable bonds is 18. The van der Waals surface area contributed by atoms with Crippen LogP contribution in [0.5, 0.6) is 0 Å². The highest BCUT2D eigenvalue weighted by Gasteiger charge is 2.56. The summed E-state index contributed by atoms with van der Waals surface area (Å²) in [5, 5.41) is 0. The molecule has 224 valence electrons. The molecule has 0 aliphatic heterocycles. The van der Waals surface area contributed by atoms with Crippen LogP contribution in [0.4, 0.5) is 0 Å². The Morgan fingerprint density at radius 3 is 1.08 bits per heavy atom. The van der Waals surface area contributed by atoms with Gasteiger partial charge in [-0.1, -0.05) is 69.9 Å². The lowest BCUT2D eigenvalue weighted by atomic mass is 10.0. The lowest BCUT2D eigenvalue weighted by molar-refractivity contribution is 0.338. The standard InChI is InChI=1S/C32H56O5P2/c1-26(2)14-10-16-28(5)18-12-20-30(7)22-24-32(38(9,33)34,39(35,36)37)25-23-31(8)21-13-19-29(6)17-11-15-27(3)4/h14-15,18-19,22-23H,10-13,16-17,20-21,24-25H2,1-9H3,(H,33,34)(H2,35,36,37)/b28-18+,29-19+,30-22+,31-23+. The van der Waals surface area contributed by atoms with Gasteiger partial charge >= 0.3 is 7.60 Å². The number of allylic oxidation sites excluding steroid dienone is 12. The SMILES string of the molecule is CC(C)=CCC/C(C)=C/CC/C(C)=C/CC(C/C=C(\C)CC/C=C(\C)CCC=C(C)C)(P(C)(=O)O)P(=O)(O)O. The second-order valence-corrected chi connectivity index (χ2v) is 16.6. The van der Waals surface area contributed by atoms with Crippen molar-refractivity contribution in [1.29, 1.82) is 0 Å². The summed E-state index contributed by atoms with van der Waals surface area (Å²) in [6, 6.07) is 0. The van der Waals surface area contributed by atoms with Crippen LogP contribution in [0.15, 0.2) is 69.9 Å². The van der Waals surface area contributed by atoms with E-state index in [2.05, 4.69) is 65.8 Å². The maximum Gasteiger partial charge on any atom is 0.341 e. The lowest BCUT2D eigenvalue weighted by Gasteiger charge is -2.35. The van der Waals surface area contributed by atoms with Gasteiger partial charge in [0.05, 0.1) is 0 Å². The maximum absolute atomic E-state index is 13.0. The van der Waals surface area contributed by atoms with Gasteiger partial charge in [0.15, 0.2) is 4.90 Å². The zero-order chi connectivity index (χ0) is 30.3. The maximum atomic E-state index is 13.0. The predicted molar refractivity (Wildman–Crippen MR) is 171 cm³/mol. The van der Waals surface area contributed by atoms with Gasteiger partial charge in [-0.15, -0.1) is 0 Å². The molecular weight excluding hydrogens is 526 g/mol. The number of hydrogen-bond donors (Lipinski definition) is 3. The molecule has 39 heavy (non-hydrogen) atoms. The van der Waals surface area contributed by atoms with Crippen molar-refractivity contribution in [3.05, 3.63) is 69.9 Å². The lowest BCUT2D eigenvalue weighted by Crippen LogP contribution is -2.28. The van der Waals surface area contributed by atoms with Crippen molar-refractivity contribution in [2.45, 2.75) is 124 Å². The summed E-state index contributed by atoms with van der Waals surface area (Å²) in [4.78, 5) is 29.2. The van der Waals surface area contributed by atoms with E-state index in [-0.39, 0.29) is 12.8 Å². The summed E-state index contributed by atoms with van der Waals surface area (Å²) in [6.07, 6.45) is 19.3. The molecule has 0 heterocycles. The zero-order valence-corrected chi connectivity index (χ0v) is 27.9. The minimum absolute atomic E-state index is 0.135. The molecule has 0 aromatic heterocycles. The highest BCUT2D eigenvalue weighted by Crippen LogP contribution is 2.72. The molecule has 1 atom stereocenters. The largest absolute Gasteiger partial charge is 0.344 e. The molecule has 1 unspecified atom stereocenters. The molecule has 7 heteroatoms. The van der Waals surface area contributed by atoms with Crippen molar-refractivity contribution in [3.63, 3.8) is 0 Å². The molecule has 3 N–H and O–H groups in total. The highest BCUT2D eigenvalue weighted by atomic mass is 31.2. The Balaban J connectivity index is 5.45. The zero-order valence-electron chi connectivity index (χ0n) is 26.1. The van der Waals surface area contributed by atoms with Crippen molar-refractivity contribution in [2.75, 3.05) is 6.66 Å². The van der Waals surface area contributed by atoms with Gasteiger partial charge < -0.3 is 14.7 Å². The molecule has 5 nitrogen and oxygen atoms in total. The molecule has 0 aromatic carbocycles. The number of hydrogen-bond acceptors (Lipinski definition) is 2. The van der Waals surface area contributed by atoms with E-state index in [0.29, 0.717) is 0 Å². The third-order valence-corrected chi connectivity index (χ3v) is 12.4. The van der Waals surface area contributed by atoms with Crippen LogP contribution >= 0.6 is 15.0 Å². The monoisotopic (exact) mass is 582 g/mol. The minimum Gasteiger partial charge on any atom is -0.344 e. The van der Waals surface area contributed by atoms with Crippen molar-refractivity contribution < 1.29 is 23.8 Å². The molecule has 0 fully saturated rings. The van der Waals surface area contributed by atoms with Crippen molar-refractivity contribution in [1.82, 2.24) is 0 Å². The van der Waals surface area contributed by atoms with Gasteiger partial charge in [-0.25, -0.2) is 0 Å². The van der Waals surface area contributed by atoms with Gasteiger partial charge in [-0.3, -0.25) is 9.13 Å².